The predicted octanol–water partition coefficient (Wildman–Crippen LogP) is 1.70. The first-order valence-corrected chi connectivity index (χ1v) is 5.57. The smallest absolute Gasteiger partial charge is 0.298 e. The fourth-order valence-corrected chi connectivity index (χ4v) is 2.34. The van der Waals surface area contributed by atoms with Gasteiger partial charge in [-0.15, -0.1) is 0 Å². The van der Waals surface area contributed by atoms with Crippen LogP contribution in [0.1, 0.15) is 38.1 Å². The average molecular weight is 229 g/mol. The van der Waals surface area contributed by atoms with E-state index in [1.54, 1.807) is 0 Å². The number of hydrogen-bond acceptors (Lipinski definition) is 2. The molecule has 0 amide bonds. The van der Waals surface area contributed by atoms with Crippen molar-refractivity contribution in [3.8, 4) is 0 Å². The molecule has 0 unspecified atom stereocenters. The van der Waals surface area contributed by atoms with Crippen LogP contribution in [0.4, 0.5) is 0 Å². The summed E-state index contributed by atoms with van der Waals surface area (Å²) in [6, 6.07) is 1.31. The third-order valence-corrected chi connectivity index (χ3v) is 3.08. The highest BCUT2D eigenvalue weighted by Gasteiger charge is 2.18. The first-order chi connectivity index (χ1) is 7.18. The number of aromatic nitrogens is 2. The Kier molecular flexibility index (Phi) is 2.95. The molecule has 1 aliphatic rings. The maximum absolute atomic E-state index is 11.6. The fraction of sp³-hybridized carbons (Fsp3) is 0.600. The second-order valence-corrected chi connectivity index (χ2v) is 4.33. The number of hydrogen-bond donors (Lipinski definition) is 1. The van der Waals surface area contributed by atoms with E-state index in [-0.39, 0.29) is 22.4 Å². The van der Waals surface area contributed by atoms with E-state index >= 15 is 0 Å². The van der Waals surface area contributed by atoms with Crippen molar-refractivity contribution >= 4 is 11.6 Å². The van der Waals surface area contributed by atoms with Gasteiger partial charge in [0.05, 0.1) is 0 Å². The lowest BCUT2D eigenvalue weighted by Crippen LogP contribution is -2.38. The highest BCUT2D eigenvalue weighted by atomic mass is 35.5. The van der Waals surface area contributed by atoms with Crippen LogP contribution in [0.15, 0.2) is 15.7 Å². The van der Waals surface area contributed by atoms with E-state index in [0.717, 1.165) is 25.7 Å². The van der Waals surface area contributed by atoms with Gasteiger partial charge in [0.25, 0.3) is 5.56 Å². The molecular weight excluding hydrogens is 216 g/mol. The number of H-pyrrole nitrogens is 1. The van der Waals surface area contributed by atoms with Gasteiger partial charge >= 0.3 is 5.69 Å². The monoisotopic (exact) mass is 228 g/mol. The Balaban J connectivity index is 2.43. The Bertz CT molecular complexity index is 426. The van der Waals surface area contributed by atoms with Crippen LogP contribution in [0.3, 0.4) is 0 Å². The Labute approximate surface area is 91.9 Å². The van der Waals surface area contributed by atoms with Crippen LogP contribution in [0.25, 0.3) is 0 Å². The molecule has 4 nitrogen and oxygen atoms in total. The lowest BCUT2D eigenvalue weighted by molar-refractivity contribution is 0.336. The second-order valence-electron chi connectivity index (χ2n) is 3.92. The van der Waals surface area contributed by atoms with Crippen molar-refractivity contribution in [1.82, 2.24) is 9.55 Å². The molecule has 0 saturated heterocycles. The summed E-state index contributed by atoms with van der Waals surface area (Å²) in [5.41, 5.74) is -0.685. The first kappa shape index (κ1) is 10.5. The van der Waals surface area contributed by atoms with Crippen molar-refractivity contribution < 1.29 is 0 Å². The molecule has 82 valence electrons. The van der Waals surface area contributed by atoms with Gasteiger partial charge in [0.1, 0.15) is 5.15 Å². The summed E-state index contributed by atoms with van der Waals surface area (Å²) in [4.78, 5) is 25.7. The van der Waals surface area contributed by atoms with E-state index in [1.165, 1.54) is 17.1 Å². The molecule has 1 saturated carbocycles. The minimum absolute atomic E-state index is 0.0484. The van der Waals surface area contributed by atoms with E-state index in [1.807, 2.05) is 0 Å². The first-order valence-electron chi connectivity index (χ1n) is 5.20. The summed E-state index contributed by atoms with van der Waals surface area (Å²) in [6.45, 7) is 0. The number of nitrogens with zero attached hydrogens (tertiary/aromatic N) is 1. The topological polar surface area (TPSA) is 54.9 Å². The van der Waals surface area contributed by atoms with Gasteiger partial charge in [0.2, 0.25) is 0 Å². The molecule has 1 aromatic heterocycles. The van der Waals surface area contributed by atoms with E-state index < -0.39 is 0 Å². The fourth-order valence-electron chi connectivity index (χ4n) is 2.16. The molecule has 0 bridgehead atoms. The summed E-state index contributed by atoms with van der Waals surface area (Å²) in [5, 5.41) is 0.108. The highest BCUT2D eigenvalue weighted by Crippen LogP contribution is 2.25. The molecule has 0 atom stereocenters. The Morgan fingerprint density at radius 3 is 2.53 bits per heavy atom. The van der Waals surface area contributed by atoms with Gasteiger partial charge in [-0.25, -0.2) is 4.79 Å². The zero-order valence-electron chi connectivity index (χ0n) is 8.33. The van der Waals surface area contributed by atoms with Crippen LogP contribution >= 0.6 is 11.6 Å². The predicted molar refractivity (Wildman–Crippen MR) is 58.5 cm³/mol. The van der Waals surface area contributed by atoms with Crippen LogP contribution < -0.4 is 11.2 Å². The van der Waals surface area contributed by atoms with Crippen molar-refractivity contribution in [2.75, 3.05) is 0 Å². The van der Waals surface area contributed by atoms with Crippen molar-refractivity contribution in [2.24, 2.45) is 0 Å². The molecule has 1 heterocycles. The van der Waals surface area contributed by atoms with Gasteiger partial charge in [-0.1, -0.05) is 30.9 Å². The Hall–Kier alpha value is -1.03. The molecule has 1 fully saturated rings. The molecule has 0 aromatic carbocycles. The lowest BCUT2D eigenvalue weighted by Gasteiger charge is -2.22. The molecule has 1 aliphatic carbocycles. The molecule has 2 rings (SSSR count). The minimum Gasteiger partial charge on any atom is -0.298 e. The van der Waals surface area contributed by atoms with Gasteiger partial charge in [0.15, 0.2) is 0 Å². The van der Waals surface area contributed by atoms with Crippen LogP contribution in [-0.2, 0) is 0 Å². The van der Waals surface area contributed by atoms with Crippen molar-refractivity contribution in [2.45, 2.75) is 38.1 Å². The van der Waals surface area contributed by atoms with E-state index in [2.05, 4.69) is 4.98 Å². The number of nitrogens with one attached hydrogen (secondary N) is 1. The standard InChI is InChI=1S/C10H13ClN2O2/c11-8-6-9(14)13(10(15)12-8)7-4-2-1-3-5-7/h6-7H,1-5H2,(H,12,15). The summed E-state index contributed by atoms with van der Waals surface area (Å²) in [5.74, 6) is 0. The zero-order chi connectivity index (χ0) is 10.8. The molecule has 15 heavy (non-hydrogen) atoms. The highest BCUT2D eigenvalue weighted by molar-refractivity contribution is 6.29. The Morgan fingerprint density at radius 1 is 1.27 bits per heavy atom. The van der Waals surface area contributed by atoms with Crippen LogP contribution in [0.2, 0.25) is 5.15 Å². The van der Waals surface area contributed by atoms with Crippen LogP contribution in [-0.4, -0.2) is 9.55 Å². The number of halogens is 1. The second kappa shape index (κ2) is 4.23. The minimum atomic E-state index is -0.389. The molecule has 1 N–H and O–H groups in total. The van der Waals surface area contributed by atoms with Crippen molar-refractivity contribution in [1.29, 1.82) is 0 Å². The summed E-state index contributed by atoms with van der Waals surface area (Å²) >= 11 is 5.59. The molecule has 0 radical (unpaired) electrons. The van der Waals surface area contributed by atoms with Crippen LogP contribution in [0.5, 0.6) is 0 Å². The Morgan fingerprint density at radius 2 is 1.93 bits per heavy atom. The summed E-state index contributed by atoms with van der Waals surface area (Å²) in [6.07, 6.45) is 5.17. The van der Waals surface area contributed by atoms with Gasteiger partial charge in [0, 0.05) is 12.1 Å². The number of aromatic amines is 1. The van der Waals surface area contributed by atoms with Gasteiger partial charge in [-0.3, -0.25) is 14.3 Å². The summed E-state index contributed by atoms with van der Waals surface area (Å²) < 4.78 is 1.30. The lowest BCUT2D eigenvalue weighted by atomic mass is 9.95. The van der Waals surface area contributed by atoms with E-state index in [4.69, 9.17) is 11.6 Å². The molecule has 0 spiro atoms. The van der Waals surface area contributed by atoms with Crippen molar-refractivity contribution in [3.63, 3.8) is 0 Å². The third-order valence-electron chi connectivity index (χ3n) is 2.87. The third kappa shape index (κ3) is 2.15. The van der Waals surface area contributed by atoms with E-state index in [9.17, 15) is 9.59 Å². The molecule has 0 aliphatic heterocycles. The normalized spacial score (nSPS) is 17.9. The SMILES string of the molecule is O=c1cc(Cl)[nH]c(=O)n1C1CCCCC1. The van der Waals surface area contributed by atoms with Gasteiger partial charge in [-0.05, 0) is 12.8 Å². The largest absolute Gasteiger partial charge is 0.329 e. The van der Waals surface area contributed by atoms with Gasteiger partial charge < -0.3 is 0 Å². The summed E-state index contributed by atoms with van der Waals surface area (Å²) in [7, 11) is 0. The maximum atomic E-state index is 11.6. The van der Waals surface area contributed by atoms with Crippen molar-refractivity contribution in [3.05, 3.63) is 32.1 Å². The van der Waals surface area contributed by atoms with Crippen LogP contribution in [0, 0.1) is 0 Å². The molecule has 1 aromatic rings. The van der Waals surface area contributed by atoms with Gasteiger partial charge in [-0.2, -0.15) is 0 Å². The molecule has 5 heteroatoms. The maximum Gasteiger partial charge on any atom is 0.329 e. The average Bonchev–Trinajstić information content (AvgIpc) is 2.17. The number of rotatable bonds is 1. The molecular formula is C10H13ClN2O2. The quantitative estimate of drug-likeness (QED) is 0.744. The van der Waals surface area contributed by atoms with E-state index in [0.29, 0.717) is 0 Å². The zero-order valence-corrected chi connectivity index (χ0v) is 9.09.